The number of halogens is 1. The third kappa shape index (κ3) is 2.91. The van der Waals surface area contributed by atoms with Gasteiger partial charge in [0.2, 0.25) is 0 Å². The van der Waals surface area contributed by atoms with E-state index in [1.165, 1.54) is 12.3 Å². The highest BCUT2D eigenvalue weighted by Crippen LogP contribution is 2.39. The highest BCUT2D eigenvalue weighted by atomic mass is 35.5. The molecule has 1 unspecified atom stereocenters. The summed E-state index contributed by atoms with van der Waals surface area (Å²) >= 11 is 0. The molecule has 100 valence electrons. The number of amides is 1. The molecule has 1 aliphatic carbocycles. The van der Waals surface area contributed by atoms with Gasteiger partial charge in [0.1, 0.15) is 5.75 Å². The quantitative estimate of drug-likeness (QED) is 0.764. The van der Waals surface area contributed by atoms with Gasteiger partial charge >= 0.3 is 0 Å². The Labute approximate surface area is 112 Å². The number of hydrogen-bond donors (Lipinski definition) is 3. The molecule has 1 aromatic rings. The third-order valence-corrected chi connectivity index (χ3v) is 3.30. The molecule has 0 aromatic carbocycles. The molecule has 4 N–H and O–H groups in total. The fourth-order valence-electron chi connectivity index (χ4n) is 1.93. The lowest BCUT2D eigenvalue weighted by atomic mass is 9.95. The van der Waals surface area contributed by atoms with E-state index >= 15 is 0 Å². The minimum atomic E-state index is -0.402. The molecule has 1 atom stereocenters. The monoisotopic (exact) mass is 271 g/mol. The molecule has 1 saturated carbocycles. The molecule has 0 bridgehead atoms. The summed E-state index contributed by atoms with van der Waals surface area (Å²) < 4.78 is 0. The highest BCUT2D eigenvalue weighted by molar-refractivity contribution is 5.95. The van der Waals surface area contributed by atoms with Crippen LogP contribution in [0, 0.1) is 5.92 Å². The van der Waals surface area contributed by atoms with Crippen LogP contribution in [-0.4, -0.2) is 28.1 Å². The van der Waals surface area contributed by atoms with E-state index in [4.69, 9.17) is 5.73 Å². The van der Waals surface area contributed by atoms with E-state index in [2.05, 4.69) is 10.3 Å². The van der Waals surface area contributed by atoms with Gasteiger partial charge in [-0.25, -0.2) is 4.98 Å². The van der Waals surface area contributed by atoms with Crippen LogP contribution in [0.15, 0.2) is 18.3 Å². The lowest BCUT2D eigenvalue weighted by Gasteiger charge is -2.29. The predicted molar refractivity (Wildman–Crippen MR) is 70.8 cm³/mol. The van der Waals surface area contributed by atoms with Gasteiger partial charge in [-0.1, -0.05) is 0 Å². The fourth-order valence-corrected chi connectivity index (χ4v) is 1.93. The topological polar surface area (TPSA) is 88.2 Å². The Morgan fingerprint density at radius 3 is 2.83 bits per heavy atom. The van der Waals surface area contributed by atoms with Crippen molar-refractivity contribution < 1.29 is 9.90 Å². The Balaban J connectivity index is 0.00000162. The number of nitrogens with zero attached hydrogens (tertiary/aromatic N) is 1. The van der Waals surface area contributed by atoms with Crippen molar-refractivity contribution in [2.45, 2.75) is 25.3 Å². The van der Waals surface area contributed by atoms with Crippen LogP contribution in [0.2, 0.25) is 0 Å². The average molecular weight is 272 g/mol. The lowest BCUT2D eigenvalue weighted by molar-refractivity contribution is 0.0889. The van der Waals surface area contributed by atoms with E-state index in [9.17, 15) is 9.90 Å². The zero-order valence-electron chi connectivity index (χ0n) is 10.2. The number of hydrogen-bond acceptors (Lipinski definition) is 4. The van der Waals surface area contributed by atoms with Crippen molar-refractivity contribution in [1.29, 1.82) is 0 Å². The summed E-state index contributed by atoms with van der Waals surface area (Å²) in [4.78, 5) is 15.9. The van der Waals surface area contributed by atoms with E-state index in [1.54, 1.807) is 6.07 Å². The van der Waals surface area contributed by atoms with Gasteiger partial charge in [0.15, 0.2) is 5.69 Å². The minimum absolute atomic E-state index is 0. The molecule has 6 heteroatoms. The lowest BCUT2D eigenvalue weighted by Crippen LogP contribution is -2.53. The van der Waals surface area contributed by atoms with E-state index in [0.29, 0.717) is 12.5 Å². The molecule has 0 radical (unpaired) electrons. The first-order chi connectivity index (χ1) is 8.07. The Morgan fingerprint density at radius 2 is 2.33 bits per heavy atom. The SMILES string of the molecule is CC(CN)(NC(=O)c1ncccc1O)C1CC1.Cl. The van der Waals surface area contributed by atoms with Crippen molar-refractivity contribution in [2.24, 2.45) is 11.7 Å². The summed E-state index contributed by atoms with van der Waals surface area (Å²) in [5.74, 6) is -0.0505. The van der Waals surface area contributed by atoms with Crippen LogP contribution in [0.4, 0.5) is 0 Å². The molecule has 1 fully saturated rings. The first-order valence-electron chi connectivity index (χ1n) is 5.73. The van der Waals surface area contributed by atoms with Gasteiger partial charge in [0.25, 0.3) is 5.91 Å². The third-order valence-electron chi connectivity index (χ3n) is 3.30. The van der Waals surface area contributed by atoms with E-state index in [-0.39, 0.29) is 29.8 Å². The second kappa shape index (κ2) is 5.54. The van der Waals surface area contributed by atoms with Crippen molar-refractivity contribution in [3.05, 3.63) is 24.0 Å². The van der Waals surface area contributed by atoms with Crippen LogP contribution in [0.1, 0.15) is 30.3 Å². The van der Waals surface area contributed by atoms with Gasteiger partial charge in [0.05, 0.1) is 5.54 Å². The maximum absolute atomic E-state index is 12.0. The zero-order valence-corrected chi connectivity index (χ0v) is 11.0. The first kappa shape index (κ1) is 14.7. The predicted octanol–water partition coefficient (Wildman–Crippen LogP) is 1.07. The van der Waals surface area contributed by atoms with Crippen molar-refractivity contribution in [2.75, 3.05) is 6.54 Å². The number of carbonyl (C=O) groups excluding carboxylic acids is 1. The maximum atomic E-state index is 12.0. The summed E-state index contributed by atoms with van der Waals surface area (Å²) in [5.41, 5.74) is 5.36. The Morgan fingerprint density at radius 1 is 1.67 bits per heavy atom. The number of aromatic hydroxyl groups is 1. The van der Waals surface area contributed by atoms with Crippen LogP contribution in [0.5, 0.6) is 5.75 Å². The average Bonchev–Trinajstić information content (AvgIpc) is 3.13. The van der Waals surface area contributed by atoms with Crippen LogP contribution >= 0.6 is 12.4 Å². The Kier molecular flexibility index (Phi) is 4.53. The second-order valence-electron chi connectivity index (χ2n) is 4.72. The first-order valence-corrected chi connectivity index (χ1v) is 5.73. The standard InChI is InChI=1S/C12H17N3O2.ClH/c1-12(7-13,8-4-5-8)15-11(17)10-9(16)3-2-6-14-10;/h2-3,6,8,16H,4-5,7,13H2,1H3,(H,15,17);1H. The van der Waals surface area contributed by atoms with Gasteiger partial charge in [0, 0.05) is 12.7 Å². The van der Waals surface area contributed by atoms with E-state index in [1.807, 2.05) is 6.92 Å². The van der Waals surface area contributed by atoms with Crippen molar-refractivity contribution >= 4 is 18.3 Å². The minimum Gasteiger partial charge on any atom is -0.505 e. The van der Waals surface area contributed by atoms with Crippen molar-refractivity contribution in [3.8, 4) is 5.75 Å². The fraction of sp³-hybridized carbons (Fsp3) is 0.500. The number of pyridine rings is 1. The Hall–Kier alpha value is -1.33. The molecule has 0 aliphatic heterocycles. The van der Waals surface area contributed by atoms with Gasteiger partial charge in [-0.15, -0.1) is 12.4 Å². The number of aromatic nitrogens is 1. The molecular weight excluding hydrogens is 254 g/mol. The number of nitrogens with two attached hydrogens (primary N) is 1. The van der Waals surface area contributed by atoms with Crippen LogP contribution in [-0.2, 0) is 0 Å². The smallest absolute Gasteiger partial charge is 0.274 e. The van der Waals surface area contributed by atoms with E-state index in [0.717, 1.165) is 12.8 Å². The molecule has 1 heterocycles. The molecule has 18 heavy (non-hydrogen) atoms. The summed E-state index contributed by atoms with van der Waals surface area (Å²) in [7, 11) is 0. The van der Waals surface area contributed by atoms with Crippen LogP contribution in [0.3, 0.4) is 0 Å². The molecule has 0 spiro atoms. The summed E-state index contributed by atoms with van der Waals surface area (Å²) in [5, 5.41) is 12.4. The second-order valence-corrected chi connectivity index (χ2v) is 4.72. The van der Waals surface area contributed by atoms with Gasteiger partial charge < -0.3 is 16.2 Å². The van der Waals surface area contributed by atoms with Crippen LogP contribution < -0.4 is 11.1 Å². The normalized spacial score (nSPS) is 17.4. The zero-order chi connectivity index (χ0) is 12.5. The largest absolute Gasteiger partial charge is 0.505 e. The van der Waals surface area contributed by atoms with E-state index < -0.39 is 5.54 Å². The van der Waals surface area contributed by atoms with Gasteiger partial charge in [-0.05, 0) is 37.8 Å². The molecule has 1 amide bonds. The summed E-state index contributed by atoms with van der Waals surface area (Å²) in [6.45, 7) is 2.32. The summed E-state index contributed by atoms with van der Waals surface area (Å²) in [6.07, 6.45) is 3.65. The highest BCUT2D eigenvalue weighted by Gasteiger charge is 2.42. The van der Waals surface area contributed by atoms with Gasteiger partial charge in [-0.2, -0.15) is 0 Å². The molecule has 1 aromatic heterocycles. The number of carbonyl (C=O) groups is 1. The molecule has 5 nitrogen and oxygen atoms in total. The summed E-state index contributed by atoms with van der Waals surface area (Å²) in [6, 6.07) is 3.02. The Bertz CT molecular complexity index is 437. The van der Waals surface area contributed by atoms with Crippen molar-refractivity contribution in [1.82, 2.24) is 10.3 Å². The maximum Gasteiger partial charge on any atom is 0.274 e. The molecular formula is C12H18ClN3O2. The molecule has 1 aliphatic rings. The van der Waals surface area contributed by atoms with Crippen molar-refractivity contribution in [3.63, 3.8) is 0 Å². The molecule has 0 saturated heterocycles. The number of nitrogens with one attached hydrogen (secondary N) is 1. The molecule has 2 rings (SSSR count). The number of rotatable bonds is 4. The van der Waals surface area contributed by atoms with Crippen LogP contribution in [0.25, 0.3) is 0 Å². The van der Waals surface area contributed by atoms with Gasteiger partial charge in [-0.3, -0.25) is 4.79 Å².